The lowest BCUT2D eigenvalue weighted by molar-refractivity contribution is -0.140. The van der Waals surface area contributed by atoms with E-state index in [9.17, 15) is 9.36 Å². The van der Waals surface area contributed by atoms with Gasteiger partial charge in [-0.3, -0.25) is 9.36 Å². The van der Waals surface area contributed by atoms with Crippen LogP contribution in [0.15, 0.2) is 0 Å². The first-order valence-electron chi connectivity index (χ1n) is 5.73. The Morgan fingerprint density at radius 1 is 1.24 bits per heavy atom. The number of esters is 1. The zero-order valence-corrected chi connectivity index (χ0v) is 11.6. The van der Waals surface area contributed by atoms with E-state index in [2.05, 4.69) is 10.1 Å². The van der Waals surface area contributed by atoms with Gasteiger partial charge in [0.1, 0.15) is 0 Å². The van der Waals surface area contributed by atoms with Crippen LogP contribution in [0.1, 0.15) is 26.7 Å². The third-order valence-corrected chi connectivity index (χ3v) is 3.83. The first kappa shape index (κ1) is 16.6. The number of hydrogen-bond donors (Lipinski definition) is 1. The molecule has 0 heterocycles. The van der Waals surface area contributed by atoms with Gasteiger partial charge in [0, 0.05) is 6.42 Å². The molecule has 0 saturated carbocycles. The maximum absolute atomic E-state index is 12.0. The number of hydrogen-bond acceptors (Lipinski definition) is 6. The van der Waals surface area contributed by atoms with Crippen molar-refractivity contribution in [2.24, 2.45) is 0 Å². The molecule has 0 aliphatic heterocycles. The van der Waals surface area contributed by atoms with Crippen molar-refractivity contribution in [3.05, 3.63) is 0 Å². The molecule has 0 fully saturated rings. The average Bonchev–Trinajstić information content (AvgIpc) is 2.29. The zero-order chi connectivity index (χ0) is 13.1. The molecule has 0 aromatic rings. The highest BCUT2D eigenvalue weighted by Crippen LogP contribution is 2.46. The summed E-state index contributed by atoms with van der Waals surface area (Å²) in [6.07, 6.45) is 1.14. The van der Waals surface area contributed by atoms with E-state index >= 15 is 0 Å². The minimum Gasteiger partial charge on any atom is -0.469 e. The predicted molar refractivity (Wildman–Crippen MR) is 65.0 cm³/mol. The van der Waals surface area contributed by atoms with Crippen LogP contribution in [0.4, 0.5) is 0 Å². The normalized spacial score (nSPS) is 11.5. The molecule has 0 rings (SSSR count). The Balaban J connectivity index is 3.75. The fraction of sp³-hybridized carbons (Fsp3) is 0.900. The third kappa shape index (κ3) is 8.32. The number of carbonyl (C=O) groups excluding carboxylic acids is 1. The maximum Gasteiger partial charge on any atom is 0.344 e. The van der Waals surface area contributed by atoms with E-state index in [1.54, 1.807) is 13.8 Å². The van der Waals surface area contributed by atoms with Crippen LogP contribution in [0.25, 0.3) is 0 Å². The molecular weight excluding hydrogens is 245 g/mol. The van der Waals surface area contributed by atoms with Gasteiger partial charge < -0.3 is 19.1 Å². The standard InChI is InChI=1S/C10H22NO5P/c1-4-15-17(13,16-5-2)9-11-8-6-7-10(12)14-3/h11H,4-9H2,1-3H3. The fourth-order valence-corrected chi connectivity index (χ4v) is 2.67. The summed E-state index contributed by atoms with van der Waals surface area (Å²) in [5, 5.41) is 2.95. The molecular formula is C10H22NO5P. The molecule has 0 bridgehead atoms. The molecule has 0 atom stereocenters. The number of rotatable bonds is 10. The summed E-state index contributed by atoms with van der Waals surface area (Å²) >= 11 is 0. The van der Waals surface area contributed by atoms with Crippen molar-refractivity contribution in [2.75, 3.05) is 33.2 Å². The molecule has 0 radical (unpaired) electrons. The molecule has 0 aromatic heterocycles. The molecule has 0 aliphatic rings. The highest BCUT2D eigenvalue weighted by molar-refractivity contribution is 7.53. The lowest BCUT2D eigenvalue weighted by Crippen LogP contribution is -2.20. The van der Waals surface area contributed by atoms with E-state index < -0.39 is 7.60 Å². The smallest absolute Gasteiger partial charge is 0.344 e. The predicted octanol–water partition coefficient (Wildman–Crippen LogP) is 1.75. The second-order valence-electron chi connectivity index (χ2n) is 3.28. The van der Waals surface area contributed by atoms with E-state index in [4.69, 9.17) is 9.05 Å². The second kappa shape index (κ2) is 9.59. The van der Waals surface area contributed by atoms with Gasteiger partial charge in [0.25, 0.3) is 0 Å². The van der Waals surface area contributed by atoms with Crippen molar-refractivity contribution in [3.63, 3.8) is 0 Å². The lowest BCUT2D eigenvalue weighted by atomic mass is 10.3. The summed E-state index contributed by atoms with van der Waals surface area (Å²) in [6, 6.07) is 0. The minimum absolute atomic E-state index is 0.163. The van der Waals surface area contributed by atoms with Gasteiger partial charge in [-0.15, -0.1) is 0 Å². The summed E-state index contributed by atoms with van der Waals surface area (Å²) in [5.74, 6) is -0.246. The Hall–Kier alpha value is -0.420. The summed E-state index contributed by atoms with van der Waals surface area (Å²) in [4.78, 5) is 10.8. The van der Waals surface area contributed by atoms with Gasteiger partial charge in [0.2, 0.25) is 0 Å². The van der Waals surface area contributed by atoms with Crippen molar-refractivity contribution in [3.8, 4) is 0 Å². The summed E-state index contributed by atoms with van der Waals surface area (Å²) in [7, 11) is -1.66. The van der Waals surface area contributed by atoms with Crippen molar-refractivity contribution < 1.29 is 23.1 Å². The van der Waals surface area contributed by atoms with Crippen LogP contribution in [0, 0.1) is 0 Å². The number of methoxy groups -OCH3 is 1. The summed E-state index contributed by atoms with van der Waals surface area (Å²) < 4.78 is 26.7. The van der Waals surface area contributed by atoms with Crippen molar-refractivity contribution in [1.82, 2.24) is 5.32 Å². The van der Waals surface area contributed by atoms with Gasteiger partial charge in [-0.1, -0.05) is 0 Å². The van der Waals surface area contributed by atoms with Crippen LogP contribution in [-0.2, 0) is 23.1 Å². The van der Waals surface area contributed by atoms with Crippen LogP contribution >= 0.6 is 7.60 Å². The van der Waals surface area contributed by atoms with Crippen molar-refractivity contribution in [1.29, 1.82) is 0 Å². The van der Waals surface area contributed by atoms with Crippen molar-refractivity contribution >= 4 is 13.6 Å². The Kier molecular flexibility index (Phi) is 9.36. The van der Waals surface area contributed by atoms with E-state index in [1.807, 2.05) is 0 Å². The molecule has 6 nitrogen and oxygen atoms in total. The molecule has 0 saturated heterocycles. The number of carbonyl (C=O) groups is 1. The topological polar surface area (TPSA) is 73.9 Å². The number of ether oxygens (including phenoxy) is 1. The molecule has 0 aromatic carbocycles. The monoisotopic (exact) mass is 267 g/mol. The van der Waals surface area contributed by atoms with Gasteiger partial charge in [-0.2, -0.15) is 0 Å². The highest BCUT2D eigenvalue weighted by Gasteiger charge is 2.22. The molecule has 17 heavy (non-hydrogen) atoms. The quantitative estimate of drug-likeness (QED) is 0.369. The van der Waals surface area contributed by atoms with E-state index in [1.165, 1.54) is 7.11 Å². The van der Waals surface area contributed by atoms with Crippen LogP contribution in [0.2, 0.25) is 0 Å². The highest BCUT2D eigenvalue weighted by atomic mass is 31.2. The van der Waals surface area contributed by atoms with Crippen LogP contribution in [0.3, 0.4) is 0 Å². The van der Waals surface area contributed by atoms with Gasteiger partial charge in [-0.05, 0) is 26.8 Å². The summed E-state index contributed by atoms with van der Waals surface area (Å²) in [5.41, 5.74) is 0. The summed E-state index contributed by atoms with van der Waals surface area (Å²) in [6.45, 7) is 4.80. The second-order valence-corrected chi connectivity index (χ2v) is 5.34. The lowest BCUT2D eigenvalue weighted by Gasteiger charge is -2.17. The first-order valence-corrected chi connectivity index (χ1v) is 7.46. The Bertz CT molecular complexity index is 249. The van der Waals surface area contributed by atoms with Gasteiger partial charge in [0.15, 0.2) is 0 Å². The van der Waals surface area contributed by atoms with Crippen molar-refractivity contribution in [2.45, 2.75) is 26.7 Å². The Labute approximate surface area is 103 Å². The SMILES string of the molecule is CCOP(=O)(CNCCCC(=O)OC)OCC. The largest absolute Gasteiger partial charge is 0.469 e. The zero-order valence-electron chi connectivity index (χ0n) is 10.7. The van der Waals surface area contributed by atoms with E-state index in [0.29, 0.717) is 32.6 Å². The molecule has 102 valence electrons. The van der Waals surface area contributed by atoms with E-state index in [0.717, 1.165) is 0 Å². The molecule has 0 unspecified atom stereocenters. The number of nitrogens with one attached hydrogen (secondary N) is 1. The fourth-order valence-electron chi connectivity index (χ4n) is 1.20. The Morgan fingerprint density at radius 3 is 2.29 bits per heavy atom. The molecule has 0 spiro atoms. The molecule has 1 N–H and O–H groups in total. The van der Waals surface area contributed by atoms with Gasteiger partial charge in [0.05, 0.1) is 26.6 Å². The minimum atomic E-state index is -3.02. The van der Waals surface area contributed by atoms with E-state index in [-0.39, 0.29) is 12.3 Å². The van der Waals surface area contributed by atoms with Crippen LogP contribution in [0.5, 0.6) is 0 Å². The Morgan fingerprint density at radius 2 is 1.82 bits per heavy atom. The third-order valence-electron chi connectivity index (χ3n) is 1.92. The molecule has 0 aliphatic carbocycles. The van der Waals surface area contributed by atoms with Gasteiger partial charge in [-0.25, -0.2) is 0 Å². The first-order chi connectivity index (χ1) is 8.08. The maximum atomic E-state index is 12.0. The molecule has 0 amide bonds. The molecule has 7 heteroatoms. The average molecular weight is 267 g/mol. The van der Waals surface area contributed by atoms with Crippen LogP contribution < -0.4 is 5.32 Å². The van der Waals surface area contributed by atoms with Gasteiger partial charge >= 0.3 is 13.6 Å². The van der Waals surface area contributed by atoms with Crippen LogP contribution in [-0.4, -0.2) is 39.1 Å².